The van der Waals surface area contributed by atoms with Gasteiger partial charge in [-0.05, 0) is 6.20 Å². The maximum atomic E-state index is 7.97. The summed E-state index contributed by atoms with van der Waals surface area (Å²) < 4.78 is 0. The first-order chi connectivity index (χ1) is 3.41. The third-order valence-electron chi connectivity index (χ3n) is 0.525. The van der Waals surface area contributed by atoms with Crippen LogP contribution in [0.5, 0.6) is 0 Å². The smallest absolute Gasteiger partial charge is 0.0640 e. The van der Waals surface area contributed by atoms with E-state index in [0.717, 1.165) is 0 Å². The highest BCUT2D eigenvalue weighted by Crippen LogP contribution is 1.66. The molecule has 0 spiro atoms. The van der Waals surface area contributed by atoms with Crippen LogP contribution in [0.4, 0.5) is 0 Å². The van der Waals surface area contributed by atoms with Gasteiger partial charge in [-0.25, -0.2) is 0 Å². The molecule has 0 bridgehead atoms. The molecule has 2 heteroatoms. The van der Waals surface area contributed by atoms with Crippen molar-refractivity contribution in [1.82, 2.24) is 5.32 Å². The summed E-state index contributed by atoms with van der Waals surface area (Å²) in [5.41, 5.74) is 0. The molecule has 0 aliphatic rings. The SMILES string of the molecule is C=CNCCC#N. The minimum atomic E-state index is 0.548. The van der Waals surface area contributed by atoms with Crippen molar-refractivity contribution in [2.75, 3.05) is 6.54 Å². The molecule has 0 fully saturated rings. The molecule has 0 amide bonds. The molecule has 0 radical (unpaired) electrons. The second kappa shape index (κ2) is 5.03. The molecule has 7 heavy (non-hydrogen) atoms. The van der Waals surface area contributed by atoms with Crippen LogP contribution in [-0.4, -0.2) is 6.54 Å². The lowest BCUT2D eigenvalue weighted by Crippen LogP contribution is -2.03. The number of hydrogen-bond acceptors (Lipinski definition) is 2. The van der Waals surface area contributed by atoms with Crippen LogP contribution in [0.15, 0.2) is 12.8 Å². The van der Waals surface area contributed by atoms with Gasteiger partial charge in [0.25, 0.3) is 0 Å². The number of nitrogens with one attached hydrogen (secondary N) is 1. The Morgan fingerprint density at radius 1 is 1.86 bits per heavy atom. The molecule has 0 atom stereocenters. The summed E-state index contributed by atoms with van der Waals surface area (Å²) >= 11 is 0. The zero-order chi connectivity index (χ0) is 5.54. The monoisotopic (exact) mass is 96.1 g/mol. The van der Waals surface area contributed by atoms with Crippen LogP contribution in [0.1, 0.15) is 6.42 Å². The van der Waals surface area contributed by atoms with Crippen molar-refractivity contribution in [2.24, 2.45) is 0 Å². The highest BCUT2D eigenvalue weighted by molar-refractivity contribution is 4.73. The molecule has 0 aromatic heterocycles. The van der Waals surface area contributed by atoms with Gasteiger partial charge in [0.05, 0.1) is 12.5 Å². The summed E-state index contributed by atoms with van der Waals surface area (Å²) in [4.78, 5) is 0. The lowest BCUT2D eigenvalue weighted by Gasteiger charge is -1.88. The normalized spacial score (nSPS) is 6.71. The second-order valence-electron chi connectivity index (χ2n) is 1.07. The Bertz CT molecular complexity index is 80.6. The van der Waals surface area contributed by atoms with E-state index in [2.05, 4.69) is 11.9 Å². The standard InChI is InChI=1S/C5H8N2/c1-2-7-5-3-4-6/h2,7H,1,3,5H2. The van der Waals surface area contributed by atoms with Gasteiger partial charge in [-0.2, -0.15) is 5.26 Å². The van der Waals surface area contributed by atoms with E-state index in [1.165, 1.54) is 0 Å². The van der Waals surface area contributed by atoms with E-state index < -0.39 is 0 Å². The molecule has 0 aliphatic heterocycles. The van der Waals surface area contributed by atoms with E-state index in [9.17, 15) is 0 Å². The maximum Gasteiger partial charge on any atom is 0.0640 e. The Morgan fingerprint density at radius 3 is 3.00 bits per heavy atom. The molecule has 0 saturated carbocycles. The molecule has 0 aromatic rings. The van der Waals surface area contributed by atoms with Gasteiger partial charge in [-0.1, -0.05) is 6.58 Å². The van der Waals surface area contributed by atoms with E-state index >= 15 is 0 Å². The third kappa shape index (κ3) is 5.03. The van der Waals surface area contributed by atoms with Gasteiger partial charge in [0.2, 0.25) is 0 Å². The van der Waals surface area contributed by atoms with Crippen LogP contribution >= 0.6 is 0 Å². The predicted molar refractivity (Wildman–Crippen MR) is 28.4 cm³/mol. The maximum absolute atomic E-state index is 7.97. The summed E-state index contributed by atoms with van der Waals surface area (Å²) in [6.45, 7) is 4.12. The number of nitrogens with zero attached hydrogens (tertiary/aromatic N) is 1. The number of hydrogen-bond donors (Lipinski definition) is 1. The van der Waals surface area contributed by atoms with Gasteiger partial charge in [0.15, 0.2) is 0 Å². The molecule has 0 heterocycles. The summed E-state index contributed by atoms with van der Waals surface area (Å²) in [7, 11) is 0. The van der Waals surface area contributed by atoms with E-state index in [1.54, 1.807) is 6.20 Å². The average Bonchev–Trinajstić information content (AvgIpc) is 1.69. The van der Waals surface area contributed by atoms with Crippen LogP contribution < -0.4 is 5.32 Å². The quantitative estimate of drug-likeness (QED) is 0.523. The fourth-order valence-electron chi connectivity index (χ4n) is 0.230. The lowest BCUT2D eigenvalue weighted by molar-refractivity contribution is 0.861. The first kappa shape index (κ1) is 6.03. The van der Waals surface area contributed by atoms with Gasteiger partial charge in [-0.15, -0.1) is 0 Å². The highest BCUT2D eigenvalue weighted by Gasteiger charge is 1.73. The van der Waals surface area contributed by atoms with Crippen molar-refractivity contribution in [3.63, 3.8) is 0 Å². The van der Waals surface area contributed by atoms with Crippen molar-refractivity contribution in [3.8, 4) is 6.07 Å². The lowest BCUT2D eigenvalue weighted by atomic mass is 10.5. The van der Waals surface area contributed by atoms with Crippen molar-refractivity contribution in [3.05, 3.63) is 12.8 Å². The Labute approximate surface area is 43.5 Å². The predicted octanol–water partition coefficient (Wildman–Crippen LogP) is 0.633. The molecule has 0 rings (SSSR count). The van der Waals surface area contributed by atoms with E-state index in [0.29, 0.717) is 13.0 Å². The van der Waals surface area contributed by atoms with Crippen molar-refractivity contribution < 1.29 is 0 Å². The third-order valence-corrected chi connectivity index (χ3v) is 0.525. The number of nitriles is 1. The largest absolute Gasteiger partial charge is 0.390 e. The van der Waals surface area contributed by atoms with Crippen LogP contribution in [0.3, 0.4) is 0 Å². The van der Waals surface area contributed by atoms with Gasteiger partial charge in [0.1, 0.15) is 0 Å². The highest BCUT2D eigenvalue weighted by atomic mass is 14.8. The first-order valence-corrected chi connectivity index (χ1v) is 2.13. The zero-order valence-corrected chi connectivity index (χ0v) is 4.15. The molecular formula is C5H8N2. The van der Waals surface area contributed by atoms with Gasteiger partial charge >= 0.3 is 0 Å². The molecule has 0 aliphatic carbocycles. The minimum absolute atomic E-state index is 0.548. The Balaban J connectivity index is 2.72. The van der Waals surface area contributed by atoms with E-state index in [1.807, 2.05) is 6.07 Å². The number of rotatable bonds is 3. The summed E-state index contributed by atoms with van der Waals surface area (Å²) in [5, 5.41) is 10.8. The van der Waals surface area contributed by atoms with Gasteiger partial charge < -0.3 is 5.32 Å². The summed E-state index contributed by atoms with van der Waals surface area (Å²) in [6.07, 6.45) is 2.13. The fourth-order valence-corrected chi connectivity index (χ4v) is 0.230. The first-order valence-electron chi connectivity index (χ1n) is 2.13. The van der Waals surface area contributed by atoms with Crippen LogP contribution in [0.25, 0.3) is 0 Å². The van der Waals surface area contributed by atoms with E-state index in [4.69, 9.17) is 5.26 Å². The topological polar surface area (TPSA) is 35.8 Å². The molecule has 38 valence electrons. The van der Waals surface area contributed by atoms with Crippen LogP contribution in [0, 0.1) is 11.3 Å². The molecule has 0 aromatic carbocycles. The Morgan fingerprint density at radius 2 is 2.57 bits per heavy atom. The van der Waals surface area contributed by atoms with Crippen molar-refractivity contribution in [1.29, 1.82) is 5.26 Å². The molecule has 2 nitrogen and oxygen atoms in total. The molecule has 1 N–H and O–H groups in total. The van der Waals surface area contributed by atoms with Crippen LogP contribution in [0.2, 0.25) is 0 Å². The van der Waals surface area contributed by atoms with E-state index in [-0.39, 0.29) is 0 Å². The molecule has 0 saturated heterocycles. The average molecular weight is 96.1 g/mol. The summed E-state index contributed by atoms with van der Waals surface area (Å²) in [6, 6.07) is 1.99. The Kier molecular flexibility index (Phi) is 4.33. The second-order valence-corrected chi connectivity index (χ2v) is 1.07. The van der Waals surface area contributed by atoms with Crippen molar-refractivity contribution in [2.45, 2.75) is 6.42 Å². The van der Waals surface area contributed by atoms with Crippen LogP contribution in [-0.2, 0) is 0 Å². The van der Waals surface area contributed by atoms with Crippen molar-refractivity contribution >= 4 is 0 Å². The summed E-state index contributed by atoms with van der Waals surface area (Å²) in [5.74, 6) is 0. The minimum Gasteiger partial charge on any atom is -0.390 e. The molecular weight excluding hydrogens is 88.1 g/mol. The zero-order valence-electron chi connectivity index (χ0n) is 4.15. The van der Waals surface area contributed by atoms with Gasteiger partial charge in [-0.3, -0.25) is 0 Å². The fraction of sp³-hybridized carbons (Fsp3) is 0.400. The Hall–Kier alpha value is -0.970. The molecule has 0 unspecified atom stereocenters. The van der Waals surface area contributed by atoms with Gasteiger partial charge in [0, 0.05) is 6.54 Å².